The van der Waals surface area contributed by atoms with Crippen molar-refractivity contribution in [2.75, 3.05) is 33.3 Å². The monoisotopic (exact) mass is 636 g/mol. The predicted octanol–water partition coefficient (Wildman–Crippen LogP) is 2.95. The number of hydrogen-bond acceptors (Lipinski definition) is 13. The van der Waals surface area contributed by atoms with Crippen LogP contribution in [0.1, 0.15) is 64.6 Å². The highest BCUT2D eigenvalue weighted by molar-refractivity contribution is 7.99. The molecule has 2 saturated heterocycles. The van der Waals surface area contributed by atoms with E-state index in [0.29, 0.717) is 46.1 Å². The highest BCUT2D eigenvalue weighted by atomic mass is 32.2. The van der Waals surface area contributed by atoms with Crippen molar-refractivity contribution in [1.29, 1.82) is 5.26 Å². The number of rotatable bonds is 2. The number of nitrogens with two attached hydrogens (primary N) is 1. The molecule has 5 aliphatic rings. The summed E-state index contributed by atoms with van der Waals surface area (Å²) in [7, 11) is 3.52. The number of fused-ring (bicyclic) bond motifs is 9. The molecule has 0 aromatic heterocycles. The van der Waals surface area contributed by atoms with E-state index < -0.39 is 46.9 Å². The van der Waals surface area contributed by atoms with Gasteiger partial charge in [0, 0.05) is 47.0 Å². The Balaban J connectivity index is 1.57. The molecule has 2 aromatic rings. The van der Waals surface area contributed by atoms with E-state index in [1.807, 2.05) is 27.0 Å². The number of hydrogen-bond donors (Lipinski definition) is 2. The van der Waals surface area contributed by atoms with Gasteiger partial charge in [0.15, 0.2) is 23.0 Å². The van der Waals surface area contributed by atoms with E-state index in [4.69, 9.17) is 29.4 Å². The van der Waals surface area contributed by atoms with Crippen LogP contribution in [0.15, 0.2) is 6.07 Å². The maximum absolute atomic E-state index is 13.3. The zero-order chi connectivity index (χ0) is 32.1. The van der Waals surface area contributed by atoms with Gasteiger partial charge in [0.1, 0.15) is 23.9 Å². The maximum atomic E-state index is 13.3. The van der Waals surface area contributed by atoms with Gasteiger partial charge in [0.25, 0.3) is 0 Å². The Morgan fingerprint density at radius 3 is 2.62 bits per heavy atom. The molecular weight excluding hydrogens is 600 g/mol. The van der Waals surface area contributed by atoms with Crippen LogP contribution in [0, 0.1) is 25.2 Å². The van der Waals surface area contributed by atoms with Gasteiger partial charge in [-0.1, -0.05) is 6.07 Å². The van der Waals surface area contributed by atoms with Gasteiger partial charge in [0.2, 0.25) is 6.79 Å². The smallest absolute Gasteiger partial charge is 0.326 e. The van der Waals surface area contributed by atoms with Gasteiger partial charge in [-0.3, -0.25) is 19.4 Å². The number of aromatic hydroxyl groups is 1. The van der Waals surface area contributed by atoms with Gasteiger partial charge in [0.05, 0.1) is 30.5 Å². The normalized spacial score (nSPS) is 31.6. The summed E-state index contributed by atoms with van der Waals surface area (Å²) in [4.78, 5) is 30.2. The highest BCUT2D eigenvalue weighted by Gasteiger charge is 2.61. The number of carbonyl (C=O) groups excluding carboxylic acids is 2. The summed E-state index contributed by atoms with van der Waals surface area (Å²) >= 11 is 1.44. The highest BCUT2D eigenvalue weighted by Crippen LogP contribution is 2.64. The fourth-order valence-corrected chi connectivity index (χ4v) is 9.61. The summed E-state index contributed by atoms with van der Waals surface area (Å²) < 4.78 is 29.6. The molecule has 238 valence electrons. The average Bonchev–Trinajstić information content (AvgIpc) is 3.47. The minimum absolute atomic E-state index is 0.0309. The van der Waals surface area contributed by atoms with Crippen LogP contribution in [0.3, 0.4) is 0 Å². The summed E-state index contributed by atoms with van der Waals surface area (Å²) in [5.74, 6) is 0.883. The zero-order valence-corrected chi connectivity index (χ0v) is 26.8. The molecule has 0 amide bonds. The number of cyclic esters (lactones) is 1. The van der Waals surface area contributed by atoms with E-state index >= 15 is 0 Å². The number of phenols is 1. The maximum Gasteiger partial charge on any atom is 0.326 e. The van der Waals surface area contributed by atoms with Gasteiger partial charge >= 0.3 is 11.9 Å². The molecule has 0 saturated carbocycles. The minimum Gasteiger partial charge on any atom is -0.504 e. The van der Waals surface area contributed by atoms with Gasteiger partial charge in [-0.15, -0.1) is 11.8 Å². The summed E-state index contributed by atoms with van der Waals surface area (Å²) in [6.45, 7) is 6.56. The van der Waals surface area contributed by atoms with Gasteiger partial charge in [-0.2, -0.15) is 5.26 Å². The second kappa shape index (κ2) is 10.4. The summed E-state index contributed by atoms with van der Waals surface area (Å²) in [6, 6.07) is 2.20. The van der Waals surface area contributed by atoms with Crippen LogP contribution in [0.4, 0.5) is 0 Å². The van der Waals surface area contributed by atoms with Crippen LogP contribution in [0.2, 0.25) is 0 Å². The number of phenolic OH excluding ortho intramolecular Hbond substituents is 1. The Morgan fingerprint density at radius 1 is 1.20 bits per heavy atom. The first kappa shape index (κ1) is 30.0. The number of aryl methyl sites for hydroxylation is 1. The summed E-state index contributed by atoms with van der Waals surface area (Å²) in [5.41, 5.74) is 9.71. The molecule has 0 radical (unpaired) electrons. The Hall–Kier alpha value is -3.70. The lowest BCUT2D eigenvalue weighted by atomic mass is 9.71. The Labute approximate surface area is 265 Å². The SMILES string of the molecule is COc1c(C)cc2c(c1O)C1C3[C@@H]4SCC(C)(N)C(=O)OC[C@@H](c5c6c(c(C)c(OC(C)=O)c54)OCO6)N3[C@@H](C#N)C(C2)N1C. The number of ether oxygens (including phenoxy) is 5. The standard InChI is InChI=1S/C32H36N4O8S/c1-13-7-16-8-17-18(9-33)36-19-10-41-31(39)32(4,34)11-45-30(24(36)23(35(17)5)20(16)25(38)26(13)40-6)22-21(19)29-28(42-12-43-29)14(2)27(22)44-15(3)37/h7,17-19,23-24,30,38H,8,10-12,34H2,1-6H3/t17?,18-,19-,23?,24?,30+,32?/m0/s1. The van der Waals surface area contributed by atoms with E-state index in [1.165, 1.54) is 25.8 Å². The Morgan fingerprint density at radius 2 is 1.93 bits per heavy atom. The quantitative estimate of drug-likeness (QED) is 0.367. The number of carbonyl (C=O) groups is 2. The van der Waals surface area contributed by atoms with E-state index in [-0.39, 0.29) is 30.9 Å². The number of nitriles is 1. The molecule has 3 N–H and O–H groups in total. The third-order valence-electron chi connectivity index (χ3n) is 9.95. The van der Waals surface area contributed by atoms with Crippen molar-refractivity contribution in [2.24, 2.45) is 5.73 Å². The second-order valence-electron chi connectivity index (χ2n) is 12.7. The summed E-state index contributed by atoms with van der Waals surface area (Å²) in [6.07, 6.45) is 0.518. The van der Waals surface area contributed by atoms with Gasteiger partial charge in [-0.05, 0) is 45.4 Å². The first-order valence-corrected chi connectivity index (χ1v) is 16.0. The number of piperazine rings is 1. The average molecular weight is 637 g/mol. The van der Waals surface area contributed by atoms with Crippen molar-refractivity contribution in [3.63, 3.8) is 0 Å². The van der Waals surface area contributed by atoms with Crippen LogP contribution in [0.5, 0.6) is 28.7 Å². The Bertz CT molecular complexity index is 1690. The molecule has 5 aliphatic heterocycles. The third-order valence-corrected chi connectivity index (χ3v) is 11.6. The molecule has 4 unspecified atom stereocenters. The molecule has 0 aliphatic carbocycles. The molecular formula is C32H36N4O8S. The van der Waals surface area contributed by atoms with Crippen LogP contribution in [-0.2, 0) is 20.7 Å². The van der Waals surface area contributed by atoms with Crippen molar-refractivity contribution in [3.8, 4) is 34.8 Å². The van der Waals surface area contributed by atoms with Crippen LogP contribution < -0.4 is 24.7 Å². The van der Waals surface area contributed by atoms with Crippen molar-refractivity contribution in [1.82, 2.24) is 9.80 Å². The van der Waals surface area contributed by atoms with Gasteiger partial charge in [-0.25, -0.2) is 0 Å². The van der Waals surface area contributed by atoms with Crippen LogP contribution in [0.25, 0.3) is 0 Å². The van der Waals surface area contributed by atoms with Crippen molar-refractivity contribution >= 4 is 23.7 Å². The molecule has 2 fully saturated rings. The minimum atomic E-state index is -1.31. The third kappa shape index (κ3) is 4.15. The molecule has 7 atom stereocenters. The predicted molar refractivity (Wildman–Crippen MR) is 163 cm³/mol. The van der Waals surface area contributed by atoms with Crippen molar-refractivity contribution < 1.29 is 38.4 Å². The molecule has 4 bridgehead atoms. The Kier molecular flexibility index (Phi) is 6.94. The molecule has 12 nitrogen and oxygen atoms in total. The van der Waals surface area contributed by atoms with Crippen LogP contribution >= 0.6 is 11.8 Å². The summed E-state index contributed by atoms with van der Waals surface area (Å²) in [5, 5.41) is 22.1. The lowest BCUT2D eigenvalue weighted by Crippen LogP contribution is -2.69. The molecule has 7 rings (SSSR count). The fourth-order valence-electron chi connectivity index (χ4n) is 8.08. The van der Waals surface area contributed by atoms with E-state index in [2.05, 4.69) is 15.9 Å². The zero-order valence-electron chi connectivity index (χ0n) is 26.0. The number of likely N-dealkylation sites (N-methyl/N-ethyl adjacent to an activating group) is 1. The molecule has 45 heavy (non-hydrogen) atoms. The largest absolute Gasteiger partial charge is 0.504 e. The lowest BCUT2D eigenvalue weighted by molar-refractivity contribution is -0.154. The molecule has 2 aromatic carbocycles. The van der Waals surface area contributed by atoms with Crippen molar-refractivity contribution in [3.05, 3.63) is 39.4 Å². The first-order valence-electron chi connectivity index (χ1n) is 14.9. The molecule has 5 heterocycles. The number of thioether (sulfide) groups is 1. The van der Waals surface area contributed by atoms with E-state index in [9.17, 15) is 20.0 Å². The van der Waals surface area contributed by atoms with Crippen molar-refractivity contribution in [2.45, 2.75) is 75.1 Å². The number of benzene rings is 2. The molecule has 0 spiro atoms. The molecule has 13 heteroatoms. The lowest BCUT2D eigenvalue weighted by Gasteiger charge is -2.62. The van der Waals surface area contributed by atoms with Gasteiger partial charge < -0.3 is 34.5 Å². The van der Waals surface area contributed by atoms with E-state index in [0.717, 1.165) is 16.7 Å². The topological polar surface area (TPSA) is 157 Å². The number of methoxy groups -OCH3 is 1. The number of nitrogens with zero attached hydrogens (tertiary/aromatic N) is 3. The second-order valence-corrected chi connectivity index (χ2v) is 13.9. The van der Waals surface area contributed by atoms with E-state index in [1.54, 1.807) is 6.92 Å². The fraction of sp³-hybridized carbons (Fsp3) is 0.531. The number of esters is 2. The van der Waals surface area contributed by atoms with Crippen LogP contribution in [-0.4, -0.2) is 83.8 Å². The first-order chi connectivity index (χ1) is 21.4.